The van der Waals surface area contributed by atoms with Gasteiger partial charge in [0.05, 0.1) is 19.1 Å². The zero-order chi connectivity index (χ0) is 14.7. The summed E-state index contributed by atoms with van der Waals surface area (Å²) in [7, 11) is 0. The Morgan fingerprint density at radius 2 is 2.14 bits per heavy atom. The minimum atomic E-state index is 0.357. The Labute approximate surface area is 119 Å². The molecule has 0 amide bonds. The molecule has 21 heavy (non-hydrogen) atoms. The Bertz CT molecular complexity index is 803. The number of imidazole rings is 1. The molecule has 0 aliphatic heterocycles. The highest BCUT2D eigenvalue weighted by Crippen LogP contribution is 2.14. The number of pyridine rings is 1. The maximum atomic E-state index is 8.67. The lowest BCUT2D eigenvalue weighted by Gasteiger charge is -2.06. The summed E-state index contributed by atoms with van der Waals surface area (Å²) in [5.74, 6) is 0.962. The number of ether oxygens (including phenoxy) is 1. The number of nitrogens with zero attached hydrogens (tertiary/aromatic N) is 6. The van der Waals surface area contributed by atoms with Gasteiger partial charge in [0.2, 0.25) is 0 Å². The molecule has 0 saturated heterocycles. The topological polar surface area (TPSA) is 116 Å². The van der Waals surface area contributed by atoms with Gasteiger partial charge in [-0.3, -0.25) is 0 Å². The number of anilines is 1. The van der Waals surface area contributed by atoms with Gasteiger partial charge in [-0.25, -0.2) is 19.9 Å². The quantitative estimate of drug-likeness (QED) is 0.750. The van der Waals surface area contributed by atoms with Gasteiger partial charge in [-0.2, -0.15) is 5.26 Å². The summed E-state index contributed by atoms with van der Waals surface area (Å²) < 4.78 is 7.40. The Morgan fingerprint density at radius 1 is 1.24 bits per heavy atom. The molecule has 3 rings (SSSR count). The number of nitrogens with two attached hydrogens (primary N) is 1. The molecular formula is C13H11N7O. The minimum absolute atomic E-state index is 0.357. The van der Waals surface area contributed by atoms with Crippen LogP contribution in [-0.4, -0.2) is 31.1 Å². The summed E-state index contributed by atoms with van der Waals surface area (Å²) in [6.07, 6.45) is 4.57. The van der Waals surface area contributed by atoms with Crippen molar-refractivity contribution in [1.29, 1.82) is 5.26 Å². The molecule has 2 N–H and O–H groups in total. The molecule has 0 spiro atoms. The normalized spacial score (nSPS) is 10.4. The second-order valence-corrected chi connectivity index (χ2v) is 4.21. The van der Waals surface area contributed by atoms with Crippen molar-refractivity contribution in [1.82, 2.24) is 24.5 Å². The Morgan fingerprint density at radius 3 is 2.90 bits per heavy atom. The smallest absolute Gasteiger partial charge is 0.165 e. The van der Waals surface area contributed by atoms with Gasteiger partial charge in [0.25, 0.3) is 0 Å². The first-order valence-corrected chi connectivity index (χ1v) is 6.18. The number of nitriles is 1. The maximum Gasteiger partial charge on any atom is 0.165 e. The monoisotopic (exact) mass is 281 g/mol. The standard InChI is InChI=1S/C13H11N7O/c14-5-9-1-2-10(6-16-9)21-4-3-20-8-19-11-12(15)17-7-18-13(11)20/h1-2,6-8H,3-4H2,(H2,15,17,18). The third kappa shape index (κ3) is 2.57. The summed E-state index contributed by atoms with van der Waals surface area (Å²) in [6, 6.07) is 5.27. The molecule has 3 aromatic rings. The van der Waals surface area contributed by atoms with E-state index in [2.05, 4.69) is 19.9 Å². The summed E-state index contributed by atoms with van der Waals surface area (Å²) in [5, 5.41) is 8.67. The van der Waals surface area contributed by atoms with Crippen LogP contribution in [0.15, 0.2) is 31.0 Å². The van der Waals surface area contributed by atoms with Gasteiger partial charge in [0, 0.05) is 0 Å². The van der Waals surface area contributed by atoms with E-state index in [9.17, 15) is 0 Å². The van der Waals surface area contributed by atoms with E-state index in [-0.39, 0.29) is 0 Å². The lowest BCUT2D eigenvalue weighted by atomic mass is 10.4. The van der Waals surface area contributed by atoms with E-state index in [1.54, 1.807) is 18.5 Å². The fourth-order valence-electron chi connectivity index (χ4n) is 1.86. The largest absolute Gasteiger partial charge is 0.490 e. The summed E-state index contributed by atoms with van der Waals surface area (Å²) in [6.45, 7) is 0.982. The molecule has 0 bridgehead atoms. The lowest BCUT2D eigenvalue weighted by Crippen LogP contribution is -2.08. The fourth-order valence-corrected chi connectivity index (χ4v) is 1.86. The van der Waals surface area contributed by atoms with Crippen LogP contribution >= 0.6 is 0 Å². The van der Waals surface area contributed by atoms with Crippen molar-refractivity contribution in [3.8, 4) is 11.8 Å². The number of fused-ring (bicyclic) bond motifs is 1. The summed E-state index contributed by atoms with van der Waals surface area (Å²) in [4.78, 5) is 16.2. The molecular weight excluding hydrogens is 270 g/mol. The highest BCUT2D eigenvalue weighted by atomic mass is 16.5. The molecule has 3 heterocycles. The predicted molar refractivity (Wildman–Crippen MR) is 74.2 cm³/mol. The Hall–Kier alpha value is -3.21. The maximum absolute atomic E-state index is 8.67. The van der Waals surface area contributed by atoms with Crippen molar-refractivity contribution in [2.24, 2.45) is 0 Å². The number of aromatic nitrogens is 5. The molecule has 104 valence electrons. The van der Waals surface area contributed by atoms with Gasteiger partial charge in [-0.05, 0) is 12.1 Å². The summed E-state index contributed by atoms with van der Waals surface area (Å²) >= 11 is 0. The van der Waals surface area contributed by atoms with Crippen LogP contribution in [0.2, 0.25) is 0 Å². The fraction of sp³-hybridized carbons (Fsp3) is 0.154. The van der Waals surface area contributed by atoms with E-state index in [4.69, 9.17) is 15.7 Å². The molecule has 0 atom stereocenters. The molecule has 8 heteroatoms. The lowest BCUT2D eigenvalue weighted by molar-refractivity contribution is 0.298. The zero-order valence-electron chi connectivity index (χ0n) is 11.0. The molecule has 0 aliphatic carbocycles. The third-order valence-corrected chi connectivity index (χ3v) is 2.88. The molecule has 0 unspecified atom stereocenters. The van der Waals surface area contributed by atoms with Crippen molar-refractivity contribution in [3.63, 3.8) is 0 Å². The average molecular weight is 281 g/mol. The molecule has 0 aliphatic rings. The first-order valence-electron chi connectivity index (χ1n) is 6.18. The SMILES string of the molecule is N#Cc1ccc(OCCn2cnc3c(N)ncnc32)cn1. The van der Waals surface area contributed by atoms with Crippen molar-refractivity contribution in [3.05, 3.63) is 36.7 Å². The van der Waals surface area contributed by atoms with Crippen molar-refractivity contribution in [2.45, 2.75) is 6.54 Å². The van der Waals surface area contributed by atoms with Crippen LogP contribution in [0.5, 0.6) is 5.75 Å². The van der Waals surface area contributed by atoms with Crippen LogP contribution in [0.1, 0.15) is 5.69 Å². The molecule has 0 saturated carbocycles. The van der Waals surface area contributed by atoms with E-state index in [1.807, 2.05) is 10.6 Å². The first kappa shape index (κ1) is 12.8. The zero-order valence-corrected chi connectivity index (χ0v) is 11.0. The van der Waals surface area contributed by atoms with Crippen molar-refractivity contribution >= 4 is 17.0 Å². The second kappa shape index (κ2) is 5.42. The minimum Gasteiger partial charge on any atom is -0.490 e. The first-order chi connectivity index (χ1) is 10.3. The highest BCUT2D eigenvalue weighted by molar-refractivity contribution is 5.81. The second-order valence-electron chi connectivity index (χ2n) is 4.21. The third-order valence-electron chi connectivity index (χ3n) is 2.88. The summed E-state index contributed by atoms with van der Waals surface area (Å²) in [5.41, 5.74) is 7.33. The van der Waals surface area contributed by atoms with Gasteiger partial charge in [0.1, 0.15) is 36.0 Å². The van der Waals surface area contributed by atoms with Gasteiger partial charge >= 0.3 is 0 Å². The molecule has 0 aromatic carbocycles. The van der Waals surface area contributed by atoms with E-state index in [0.29, 0.717) is 41.6 Å². The number of nitrogen functional groups attached to an aromatic ring is 1. The highest BCUT2D eigenvalue weighted by Gasteiger charge is 2.07. The van der Waals surface area contributed by atoms with Gasteiger partial charge in [0.15, 0.2) is 11.5 Å². The number of rotatable bonds is 4. The van der Waals surface area contributed by atoms with E-state index in [0.717, 1.165) is 0 Å². The van der Waals surface area contributed by atoms with Crippen LogP contribution in [0, 0.1) is 11.3 Å². The van der Waals surface area contributed by atoms with Crippen molar-refractivity contribution < 1.29 is 4.74 Å². The van der Waals surface area contributed by atoms with Gasteiger partial charge in [-0.15, -0.1) is 0 Å². The van der Waals surface area contributed by atoms with E-state index in [1.165, 1.54) is 12.5 Å². The van der Waals surface area contributed by atoms with E-state index < -0.39 is 0 Å². The van der Waals surface area contributed by atoms with Crippen LogP contribution in [-0.2, 0) is 6.54 Å². The van der Waals surface area contributed by atoms with Crippen LogP contribution in [0.25, 0.3) is 11.2 Å². The van der Waals surface area contributed by atoms with Gasteiger partial charge < -0.3 is 15.0 Å². The molecule has 3 aromatic heterocycles. The van der Waals surface area contributed by atoms with E-state index >= 15 is 0 Å². The molecule has 0 radical (unpaired) electrons. The Balaban J connectivity index is 1.66. The van der Waals surface area contributed by atoms with Crippen LogP contribution < -0.4 is 10.5 Å². The van der Waals surface area contributed by atoms with Crippen LogP contribution in [0.4, 0.5) is 5.82 Å². The molecule has 0 fully saturated rings. The van der Waals surface area contributed by atoms with Crippen LogP contribution in [0.3, 0.4) is 0 Å². The average Bonchev–Trinajstić information content (AvgIpc) is 2.93. The predicted octanol–water partition coefficient (Wildman–Crippen LogP) is 0.754. The Kier molecular flexibility index (Phi) is 3.31. The van der Waals surface area contributed by atoms with Gasteiger partial charge in [-0.1, -0.05) is 0 Å². The number of hydrogen-bond acceptors (Lipinski definition) is 7. The van der Waals surface area contributed by atoms with Crippen molar-refractivity contribution in [2.75, 3.05) is 12.3 Å². The number of hydrogen-bond donors (Lipinski definition) is 1. The molecule has 8 nitrogen and oxygen atoms in total.